The van der Waals surface area contributed by atoms with Gasteiger partial charge in [-0.05, 0) is 23.6 Å². The van der Waals surface area contributed by atoms with E-state index in [0.717, 1.165) is 5.56 Å². The first-order chi connectivity index (χ1) is 11.5. The van der Waals surface area contributed by atoms with Gasteiger partial charge in [-0.2, -0.15) is 0 Å². The summed E-state index contributed by atoms with van der Waals surface area (Å²) in [6.07, 6.45) is 0.587. The van der Waals surface area contributed by atoms with E-state index in [0.29, 0.717) is 12.0 Å². The second-order valence-electron chi connectivity index (χ2n) is 5.85. The first kappa shape index (κ1) is 17.7. The van der Waals surface area contributed by atoms with Crippen LogP contribution >= 0.6 is 0 Å². The predicted molar refractivity (Wildman–Crippen MR) is 90.5 cm³/mol. The van der Waals surface area contributed by atoms with Crippen molar-refractivity contribution in [2.24, 2.45) is 11.7 Å². The Bertz CT molecular complexity index is 704. The van der Waals surface area contributed by atoms with Gasteiger partial charge in [-0.15, -0.1) is 0 Å². The fourth-order valence-electron chi connectivity index (χ4n) is 2.47. The summed E-state index contributed by atoms with van der Waals surface area (Å²) in [6, 6.07) is 14.9. The van der Waals surface area contributed by atoms with Crippen LogP contribution in [0.2, 0.25) is 0 Å². The molecule has 2 atom stereocenters. The number of hydrogen-bond donors (Lipinski definition) is 2. The molecule has 5 heteroatoms. The molecular weight excluding hydrogens is 307 g/mol. The number of carbonyl (C=O) groups is 2. The molecule has 126 valence electrons. The maximum absolute atomic E-state index is 13.7. The lowest BCUT2D eigenvalue weighted by molar-refractivity contribution is -0.129. The molecule has 0 saturated heterocycles. The zero-order chi connectivity index (χ0) is 17.5. The van der Waals surface area contributed by atoms with Gasteiger partial charge in [-0.25, -0.2) is 4.39 Å². The highest BCUT2D eigenvalue weighted by Gasteiger charge is 2.22. The van der Waals surface area contributed by atoms with Crippen LogP contribution in [0.3, 0.4) is 0 Å². The van der Waals surface area contributed by atoms with Gasteiger partial charge in [0.1, 0.15) is 11.9 Å². The molecule has 2 rings (SSSR count). The van der Waals surface area contributed by atoms with E-state index in [-0.39, 0.29) is 18.1 Å². The molecule has 0 unspecified atom stereocenters. The highest BCUT2D eigenvalue weighted by Crippen LogP contribution is 2.13. The Balaban J connectivity index is 1.99. The Morgan fingerprint density at radius 1 is 1.04 bits per heavy atom. The Kier molecular flexibility index (Phi) is 6.07. The largest absolute Gasteiger partial charge is 0.368 e. The highest BCUT2D eigenvalue weighted by molar-refractivity contribution is 5.87. The summed E-state index contributed by atoms with van der Waals surface area (Å²) in [4.78, 5) is 23.9. The molecule has 2 amide bonds. The zero-order valence-corrected chi connectivity index (χ0v) is 13.5. The molecule has 2 aromatic carbocycles. The van der Waals surface area contributed by atoms with Gasteiger partial charge in [-0.1, -0.05) is 55.5 Å². The third kappa shape index (κ3) is 4.91. The van der Waals surface area contributed by atoms with E-state index in [1.807, 2.05) is 30.3 Å². The van der Waals surface area contributed by atoms with Crippen molar-refractivity contribution in [3.63, 3.8) is 0 Å². The van der Waals surface area contributed by atoms with E-state index in [2.05, 4.69) is 5.32 Å². The van der Waals surface area contributed by atoms with Crippen LogP contribution in [-0.2, 0) is 22.4 Å². The van der Waals surface area contributed by atoms with Crippen LogP contribution in [0.1, 0.15) is 18.1 Å². The van der Waals surface area contributed by atoms with Crippen LogP contribution in [0.4, 0.5) is 4.39 Å². The summed E-state index contributed by atoms with van der Waals surface area (Å²) in [7, 11) is 0. The lowest BCUT2D eigenvalue weighted by Gasteiger charge is -2.19. The van der Waals surface area contributed by atoms with Gasteiger partial charge in [-0.3, -0.25) is 9.59 Å². The molecular formula is C19H21FN2O2. The first-order valence-electron chi connectivity index (χ1n) is 7.84. The molecule has 24 heavy (non-hydrogen) atoms. The molecule has 0 aliphatic heterocycles. The normalized spacial score (nSPS) is 13.1. The number of hydrogen-bond acceptors (Lipinski definition) is 2. The van der Waals surface area contributed by atoms with Gasteiger partial charge >= 0.3 is 0 Å². The molecule has 0 saturated carbocycles. The second-order valence-corrected chi connectivity index (χ2v) is 5.85. The molecule has 0 bridgehead atoms. The topological polar surface area (TPSA) is 72.2 Å². The van der Waals surface area contributed by atoms with Gasteiger partial charge in [0.15, 0.2) is 0 Å². The Hall–Kier alpha value is -2.69. The summed E-state index contributed by atoms with van der Waals surface area (Å²) >= 11 is 0. The monoisotopic (exact) mass is 328 g/mol. The number of nitrogens with two attached hydrogens (primary N) is 1. The summed E-state index contributed by atoms with van der Waals surface area (Å²) in [6.45, 7) is 1.70. The van der Waals surface area contributed by atoms with Crippen molar-refractivity contribution < 1.29 is 14.0 Å². The maximum atomic E-state index is 13.7. The first-order valence-corrected chi connectivity index (χ1v) is 7.84. The van der Waals surface area contributed by atoms with Crippen molar-refractivity contribution in [2.75, 3.05) is 0 Å². The average Bonchev–Trinajstić information content (AvgIpc) is 2.57. The van der Waals surface area contributed by atoms with E-state index < -0.39 is 17.9 Å². The van der Waals surface area contributed by atoms with Gasteiger partial charge in [0.2, 0.25) is 11.8 Å². The Labute approximate surface area is 140 Å². The number of carbonyl (C=O) groups excluding carboxylic acids is 2. The van der Waals surface area contributed by atoms with E-state index in [1.165, 1.54) is 6.07 Å². The van der Waals surface area contributed by atoms with Crippen LogP contribution in [0.15, 0.2) is 54.6 Å². The molecule has 0 spiro atoms. The van der Waals surface area contributed by atoms with Gasteiger partial charge in [0, 0.05) is 12.3 Å². The lowest BCUT2D eigenvalue weighted by atomic mass is 9.98. The predicted octanol–water partition coefficient (Wildman–Crippen LogP) is 2.22. The van der Waals surface area contributed by atoms with Crippen molar-refractivity contribution in [3.8, 4) is 0 Å². The van der Waals surface area contributed by atoms with Crippen molar-refractivity contribution in [3.05, 3.63) is 71.5 Å². The molecule has 0 aliphatic carbocycles. The minimum atomic E-state index is -0.789. The van der Waals surface area contributed by atoms with Crippen LogP contribution in [0.5, 0.6) is 0 Å². The minimum Gasteiger partial charge on any atom is -0.368 e. The van der Waals surface area contributed by atoms with Crippen LogP contribution in [-0.4, -0.2) is 17.9 Å². The fourth-order valence-corrected chi connectivity index (χ4v) is 2.47. The lowest BCUT2D eigenvalue weighted by Crippen LogP contribution is -2.47. The molecule has 4 nitrogen and oxygen atoms in total. The SMILES string of the molecule is C[C@H](Cc1ccccc1F)C(=O)N[C@@H](Cc1ccccc1)C(N)=O. The minimum absolute atomic E-state index is 0.259. The van der Waals surface area contributed by atoms with Crippen LogP contribution in [0, 0.1) is 11.7 Å². The molecule has 3 N–H and O–H groups in total. The number of rotatable bonds is 7. The van der Waals surface area contributed by atoms with E-state index in [1.54, 1.807) is 25.1 Å². The van der Waals surface area contributed by atoms with Crippen molar-refractivity contribution in [1.29, 1.82) is 0 Å². The molecule has 0 aliphatic rings. The fraction of sp³-hybridized carbons (Fsp3) is 0.263. The smallest absolute Gasteiger partial charge is 0.240 e. The van der Waals surface area contributed by atoms with Gasteiger partial charge < -0.3 is 11.1 Å². The van der Waals surface area contributed by atoms with Crippen molar-refractivity contribution >= 4 is 11.8 Å². The van der Waals surface area contributed by atoms with E-state index in [4.69, 9.17) is 5.73 Å². The van der Waals surface area contributed by atoms with Crippen molar-refractivity contribution in [2.45, 2.75) is 25.8 Å². The second kappa shape index (κ2) is 8.24. The van der Waals surface area contributed by atoms with Crippen molar-refractivity contribution in [1.82, 2.24) is 5.32 Å². The van der Waals surface area contributed by atoms with E-state index in [9.17, 15) is 14.0 Å². The summed E-state index contributed by atoms with van der Waals surface area (Å²) in [5.41, 5.74) is 6.77. The molecule has 0 radical (unpaired) electrons. The zero-order valence-electron chi connectivity index (χ0n) is 13.5. The Morgan fingerprint density at radius 2 is 1.67 bits per heavy atom. The number of benzene rings is 2. The number of nitrogens with one attached hydrogen (secondary N) is 1. The average molecular weight is 328 g/mol. The number of halogens is 1. The van der Waals surface area contributed by atoms with E-state index >= 15 is 0 Å². The number of primary amides is 1. The number of amides is 2. The standard InChI is InChI=1S/C19H21FN2O2/c1-13(11-15-9-5-6-10-16(15)20)19(24)22-17(18(21)23)12-14-7-3-2-4-8-14/h2-10,13,17H,11-12H2,1H3,(H2,21,23)(H,22,24)/t13-,17+/m1/s1. The molecule has 0 heterocycles. The quantitative estimate of drug-likeness (QED) is 0.818. The summed E-state index contributed by atoms with van der Waals surface area (Å²) in [5.74, 6) is -1.73. The maximum Gasteiger partial charge on any atom is 0.240 e. The van der Waals surface area contributed by atoms with Gasteiger partial charge in [0.05, 0.1) is 0 Å². The third-order valence-corrected chi connectivity index (χ3v) is 3.87. The molecule has 0 fully saturated rings. The molecule has 0 aromatic heterocycles. The van der Waals surface area contributed by atoms with Gasteiger partial charge in [0.25, 0.3) is 0 Å². The summed E-state index contributed by atoms with van der Waals surface area (Å²) < 4.78 is 13.7. The third-order valence-electron chi connectivity index (χ3n) is 3.87. The van der Waals surface area contributed by atoms with Crippen LogP contribution < -0.4 is 11.1 Å². The molecule has 2 aromatic rings. The van der Waals surface area contributed by atoms with Crippen LogP contribution in [0.25, 0.3) is 0 Å². The summed E-state index contributed by atoms with van der Waals surface area (Å²) in [5, 5.41) is 2.67. The highest BCUT2D eigenvalue weighted by atomic mass is 19.1. The Morgan fingerprint density at radius 3 is 2.29 bits per heavy atom.